The number of ether oxygens (including phenoxy) is 1. The number of aromatic nitrogens is 2. The number of nitriles is 1. The molecule has 0 bridgehead atoms. The Morgan fingerprint density at radius 3 is 2.73 bits per heavy atom. The lowest BCUT2D eigenvalue weighted by Gasteiger charge is -2.42. The minimum atomic E-state index is -0.229. The first kappa shape index (κ1) is 29.9. The fraction of sp³-hybridized carbons (Fsp3) is 0.486. The number of anilines is 2. The maximum Gasteiger partial charge on any atom is 0.318 e. The monoisotopic (exact) mass is 593 g/mol. The zero-order valence-electron chi connectivity index (χ0n) is 26.0. The van der Waals surface area contributed by atoms with E-state index >= 15 is 0 Å². The lowest BCUT2D eigenvalue weighted by atomic mass is 9.85. The number of aryl methyl sites for hydroxylation is 1. The normalized spacial score (nSPS) is 18.6. The van der Waals surface area contributed by atoms with Crippen LogP contribution in [-0.2, 0) is 17.8 Å². The number of carbonyl (C=O) groups excluding carboxylic acids is 1. The van der Waals surface area contributed by atoms with Crippen LogP contribution >= 0.6 is 0 Å². The molecule has 3 aromatic rings. The quantitative estimate of drug-likeness (QED) is 0.312. The van der Waals surface area contributed by atoms with Crippen molar-refractivity contribution in [3.8, 4) is 12.1 Å². The molecule has 0 radical (unpaired) electrons. The van der Waals surface area contributed by atoms with Crippen LogP contribution in [0.3, 0.4) is 0 Å². The van der Waals surface area contributed by atoms with Crippen LogP contribution in [0, 0.1) is 24.2 Å². The Morgan fingerprint density at radius 1 is 1.16 bits per heavy atom. The van der Waals surface area contributed by atoms with Gasteiger partial charge in [0.15, 0.2) is 0 Å². The molecular formula is C35H43N7O2. The molecule has 44 heavy (non-hydrogen) atoms. The van der Waals surface area contributed by atoms with Gasteiger partial charge in [-0.1, -0.05) is 43.3 Å². The van der Waals surface area contributed by atoms with Gasteiger partial charge in [-0.25, -0.2) is 0 Å². The third-order valence-corrected chi connectivity index (χ3v) is 9.52. The van der Waals surface area contributed by atoms with E-state index in [9.17, 15) is 10.1 Å². The highest BCUT2D eigenvalue weighted by Crippen LogP contribution is 2.36. The Balaban J connectivity index is 1.28. The van der Waals surface area contributed by atoms with Crippen molar-refractivity contribution in [2.24, 2.45) is 5.92 Å². The molecule has 3 aliphatic rings. The van der Waals surface area contributed by atoms with Gasteiger partial charge in [-0.3, -0.25) is 4.79 Å². The number of amides is 1. The summed E-state index contributed by atoms with van der Waals surface area (Å²) >= 11 is 0. The van der Waals surface area contributed by atoms with E-state index in [4.69, 9.17) is 14.7 Å². The fourth-order valence-corrected chi connectivity index (χ4v) is 6.92. The molecule has 1 amide bonds. The molecule has 1 unspecified atom stereocenters. The van der Waals surface area contributed by atoms with Gasteiger partial charge in [0.2, 0.25) is 5.91 Å². The maximum absolute atomic E-state index is 12.6. The van der Waals surface area contributed by atoms with Gasteiger partial charge in [0.05, 0.1) is 30.8 Å². The number of nitrogens with zero attached hydrogens (tertiary/aromatic N) is 7. The predicted octanol–water partition coefficient (Wildman–Crippen LogP) is 4.73. The van der Waals surface area contributed by atoms with Gasteiger partial charge < -0.3 is 24.3 Å². The fourth-order valence-electron chi connectivity index (χ4n) is 6.92. The van der Waals surface area contributed by atoms with Crippen molar-refractivity contribution in [2.75, 3.05) is 62.7 Å². The van der Waals surface area contributed by atoms with Gasteiger partial charge in [0, 0.05) is 55.9 Å². The van der Waals surface area contributed by atoms with Crippen molar-refractivity contribution >= 4 is 28.2 Å². The Morgan fingerprint density at radius 2 is 1.98 bits per heavy atom. The van der Waals surface area contributed by atoms with Crippen LogP contribution in [0.2, 0.25) is 0 Å². The standard InChI is InChI=1S/C35H43N7O2/c1-4-32(43)42-19-18-41(23-28(42)14-16-36)34-29-15-17-40(31-13-7-12-27-11-5-8-25(2)33(27)31)24-30(29)37-35(38-34)44-21-20-39(3)22-26-9-6-10-26/h4-5,7-8,11-13,26,28H,1,6,9-10,14-15,17-24H2,2-3H3. The van der Waals surface area contributed by atoms with Gasteiger partial charge >= 0.3 is 6.01 Å². The maximum atomic E-state index is 12.6. The Kier molecular flexibility index (Phi) is 8.99. The summed E-state index contributed by atoms with van der Waals surface area (Å²) in [6, 6.07) is 15.4. The highest BCUT2D eigenvalue weighted by molar-refractivity contribution is 5.97. The molecule has 230 valence electrons. The van der Waals surface area contributed by atoms with Gasteiger partial charge in [-0.2, -0.15) is 15.2 Å². The molecule has 9 heteroatoms. The minimum absolute atomic E-state index is 0.134. The highest BCUT2D eigenvalue weighted by Gasteiger charge is 2.33. The third-order valence-electron chi connectivity index (χ3n) is 9.52. The summed E-state index contributed by atoms with van der Waals surface area (Å²) in [5.41, 5.74) is 4.59. The lowest BCUT2D eigenvalue weighted by molar-refractivity contribution is -0.128. The molecule has 1 saturated heterocycles. The average Bonchev–Trinajstić information content (AvgIpc) is 3.02. The van der Waals surface area contributed by atoms with E-state index in [1.54, 1.807) is 4.90 Å². The van der Waals surface area contributed by atoms with Gasteiger partial charge in [0.1, 0.15) is 12.4 Å². The molecule has 1 saturated carbocycles. The zero-order valence-corrected chi connectivity index (χ0v) is 26.0. The van der Waals surface area contributed by atoms with Crippen LogP contribution in [0.15, 0.2) is 49.1 Å². The Bertz CT molecular complexity index is 1560. The highest BCUT2D eigenvalue weighted by atomic mass is 16.5. The Hall–Kier alpha value is -4.16. The Labute approximate surface area is 260 Å². The lowest BCUT2D eigenvalue weighted by Crippen LogP contribution is -2.55. The largest absolute Gasteiger partial charge is 0.462 e. The number of benzene rings is 2. The van der Waals surface area contributed by atoms with E-state index in [0.29, 0.717) is 38.8 Å². The third kappa shape index (κ3) is 6.22. The predicted molar refractivity (Wildman–Crippen MR) is 174 cm³/mol. The van der Waals surface area contributed by atoms with Gasteiger partial charge in [-0.15, -0.1) is 0 Å². The molecule has 0 N–H and O–H groups in total. The number of rotatable bonds is 10. The number of likely N-dealkylation sites (N-methyl/N-ethyl adjacent to an activating group) is 1. The van der Waals surface area contributed by atoms with Crippen molar-refractivity contribution in [3.63, 3.8) is 0 Å². The second-order valence-electron chi connectivity index (χ2n) is 12.5. The summed E-state index contributed by atoms with van der Waals surface area (Å²) in [7, 11) is 2.16. The molecule has 2 fully saturated rings. The molecule has 9 nitrogen and oxygen atoms in total. The van der Waals surface area contributed by atoms with E-state index in [1.165, 1.54) is 47.4 Å². The topological polar surface area (TPSA) is 88.8 Å². The molecule has 1 aliphatic carbocycles. The zero-order chi connectivity index (χ0) is 30.6. The number of carbonyl (C=O) groups is 1. The van der Waals surface area contributed by atoms with E-state index in [1.807, 2.05) is 0 Å². The molecule has 6 rings (SSSR count). The second kappa shape index (κ2) is 13.2. The van der Waals surface area contributed by atoms with Crippen LogP contribution in [0.5, 0.6) is 6.01 Å². The van der Waals surface area contributed by atoms with Crippen molar-refractivity contribution in [1.29, 1.82) is 5.26 Å². The average molecular weight is 594 g/mol. The SMILES string of the molecule is C=CC(=O)N1CCN(c2nc(OCCN(C)CC3CCC3)nc3c2CCN(c2cccc4cccc(C)c24)C3)CC1CC#N. The van der Waals surface area contributed by atoms with Crippen molar-refractivity contribution in [3.05, 3.63) is 65.9 Å². The van der Waals surface area contributed by atoms with Gasteiger partial charge in [-0.05, 0) is 62.2 Å². The van der Waals surface area contributed by atoms with Gasteiger partial charge in [0.25, 0.3) is 0 Å². The smallest absolute Gasteiger partial charge is 0.318 e. The first-order chi connectivity index (χ1) is 21.4. The molecule has 3 heterocycles. The summed E-state index contributed by atoms with van der Waals surface area (Å²) in [5.74, 6) is 1.55. The number of hydrogen-bond acceptors (Lipinski definition) is 8. The van der Waals surface area contributed by atoms with Crippen LogP contribution in [0.1, 0.15) is 42.5 Å². The van der Waals surface area contributed by atoms with Crippen LogP contribution in [-0.4, -0.2) is 84.6 Å². The first-order valence-electron chi connectivity index (χ1n) is 15.9. The van der Waals surface area contributed by atoms with Crippen LogP contribution in [0.25, 0.3) is 10.8 Å². The first-order valence-corrected chi connectivity index (χ1v) is 15.9. The number of fused-ring (bicyclic) bond motifs is 2. The van der Waals surface area contributed by atoms with Crippen LogP contribution < -0.4 is 14.5 Å². The second-order valence-corrected chi connectivity index (χ2v) is 12.5. The minimum Gasteiger partial charge on any atom is -0.462 e. The molecule has 2 aromatic carbocycles. The molecular weight excluding hydrogens is 550 g/mol. The van der Waals surface area contributed by atoms with E-state index < -0.39 is 0 Å². The van der Waals surface area contributed by atoms with Crippen molar-refractivity contribution in [2.45, 2.75) is 51.6 Å². The summed E-state index contributed by atoms with van der Waals surface area (Å²) in [5, 5.41) is 12.1. The summed E-state index contributed by atoms with van der Waals surface area (Å²) < 4.78 is 6.25. The number of hydrogen-bond donors (Lipinski definition) is 0. The van der Waals surface area contributed by atoms with E-state index in [0.717, 1.165) is 49.0 Å². The molecule has 1 atom stereocenters. The molecule has 0 spiro atoms. The van der Waals surface area contributed by atoms with Crippen molar-refractivity contribution < 1.29 is 9.53 Å². The molecule has 1 aromatic heterocycles. The van der Waals surface area contributed by atoms with Crippen molar-refractivity contribution in [1.82, 2.24) is 19.8 Å². The number of piperazine rings is 1. The molecule has 2 aliphatic heterocycles. The summed E-state index contributed by atoms with van der Waals surface area (Å²) in [6.07, 6.45) is 6.40. The summed E-state index contributed by atoms with van der Waals surface area (Å²) in [4.78, 5) is 31.3. The van der Waals surface area contributed by atoms with E-state index in [2.05, 4.69) is 77.7 Å². The van der Waals surface area contributed by atoms with Crippen LogP contribution in [0.4, 0.5) is 11.5 Å². The summed E-state index contributed by atoms with van der Waals surface area (Å²) in [6.45, 7) is 11.5. The van der Waals surface area contributed by atoms with E-state index in [-0.39, 0.29) is 18.4 Å².